The molecule has 35 heavy (non-hydrogen) atoms. The summed E-state index contributed by atoms with van der Waals surface area (Å²) >= 11 is 0. The van der Waals surface area contributed by atoms with E-state index in [1.807, 2.05) is 24.3 Å². The molecular formula is C29H31NO5. The predicted molar refractivity (Wildman–Crippen MR) is 134 cm³/mol. The summed E-state index contributed by atoms with van der Waals surface area (Å²) in [6.07, 6.45) is 4.78. The van der Waals surface area contributed by atoms with Crippen molar-refractivity contribution in [2.75, 3.05) is 4.90 Å². The molecule has 0 spiro atoms. The fourth-order valence-corrected chi connectivity index (χ4v) is 4.98. The maximum Gasteiger partial charge on any atom is 0.308 e. The van der Waals surface area contributed by atoms with E-state index in [0.29, 0.717) is 16.8 Å². The highest BCUT2D eigenvalue weighted by Crippen LogP contribution is 2.42. The van der Waals surface area contributed by atoms with Gasteiger partial charge in [-0.15, -0.1) is 0 Å². The van der Waals surface area contributed by atoms with Crippen LogP contribution in [0.5, 0.6) is 5.75 Å². The maximum atomic E-state index is 13.5. The lowest BCUT2D eigenvalue weighted by molar-refractivity contribution is -0.148. The molecule has 1 saturated carbocycles. The third-order valence-corrected chi connectivity index (χ3v) is 6.92. The molecular weight excluding hydrogens is 442 g/mol. The molecule has 1 N–H and O–H groups in total. The van der Waals surface area contributed by atoms with Crippen LogP contribution in [0.4, 0.5) is 5.69 Å². The average molecular weight is 474 g/mol. The molecule has 2 aliphatic rings. The van der Waals surface area contributed by atoms with Crippen LogP contribution in [-0.4, -0.2) is 23.1 Å². The molecule has 6 heteroatoms. The van der Waals surface area contributed by atoms with Gasteiger partial charge in [-0.3, -0.25) is 14.5 Å². The smallest absolute Gasteiger partial charge is 0.308 e. The van der Waals surface area contributed by atoms with Crippen molar-refractivity contribution in [3.8, 4) is 5.75 Å². The largest absolute Gasteiger partial charge is 0.490 e. The molecule has 0 aromatic heterocycles. The number of hydrogen-bond donors (Lipinski definition) is 1. The van der Waals surface area contributed by atoms with Gasteiger partial charge in [-0.25, -0.2) is 0 Å². The molecule has 5 rings (SSSR count). The van der Waals surface area contributed by atoms with Gasteiger partial charge in [-0.05, 0) is 55.5 Å². The minimum atomic E-state index is -1.12. The second-order valence-electron chi connectivity index (χ2n) is 9.74. The van der Waals surface area contributed by atoms with Crippen LogP contribution >= 0.6 is 0 Å². The topological polar surface area (TPSA) is 76.1 Å². The molecule has 1 unspecified atom stereocenters. The van der Waals surface area contributed by atoms with E-state index in [0.717, 1.165) is 34.9 Å². The van der Waals surface area contributed by atoms with E-state index in [9.17, 15) is 14.7 Å². The highest BCUT2D eigenvalue weighted by atomic mass is 16.5. The zero-order valence-corrected chi connectivity index (χ0v) is 20.2. The first-order valence-electron chi connectivity index (χ1n) is 12.4. The van der Waals surface area contributed by atoms with Crippen LogP contribution in [0.25, 0.3) is 10.8 Å². The lowest BCUT2D eigenvalue weighted by Gasteiger charge is -2.34. The van der Waals surface area contributed by atoms with Crippen molar-refractivity contribution in [3.63, 3.8) is 0 Å². The first-order valence-corrected chi connectivity index (χ1v) is 12.4. The van der Waals surface area contributed by atoms with Crippen molar-refractivity contribution < 1.29 is 24.2 Å². The molecule has 0 bridgehead atoms. The molecule has 0 radical (unpaired) electrons. The zero-order chi connectivity index (χ0) is 24.5. The molecule has 1 aliphatic heterocycles. The molecule has 1 aliphatic carbocycles. The maximum absolute atomic E-state index is 13.5. The summed E-state index contributed by atoms with van der Waals surface area (Å²) in [4.78, 5) is 26.7. The number of rotatable bonds is 6. The minimum absolute atomic E-state index is 0.166. The first kappa shape index (κ1) is 23.4. The van der Waals surface area contributed by atoms with E-state index in [-0.39, 0.29) is 30.5 Å². The Morgan fingerprint density at radius 2 is 1.77 bits per heavy atom. The molecule has 3 aromatic rings. The number of benzene rings is 3. The second-order valence-corrected chi connectivity index (χ2v) is 9.74. The highest BCUT2D eigenvalue weighted by Gasteiger charge is 2.35. The fraction of sp³-hybridized carbons (Fsp3) is 0.379. The van der Waals surface area contributed by atoms with E-state index in [1.165, 1.54) is 24.2 Å². The van der Waals surface area contributed by atoms with Crippen LogP contribution in [0.2, 0.25) is 0 Å². The summed E-state index contributed by atoms with van der Waals surface area (Å²) in [6.45, 7) is 3.75. The lowest BCUT2D eigenvalue weighted by atomic mass is 9.92. The third kappa shape index (κ3) is 4.50. The summed E-state index contributed by atoms with van der Waals surface area (Å²) in [5, 5.41) is 12.9. The van der Waals surface area contributed by atoms with Crippen LogP contribution in [-0.2, 0) is 16.1 Å². The van der Waals surface area contributed by atoms with E-state index >= 15 is 0 Å². The van der Waals surface area contributed by atoms with Crippen molar-refractivity contribution in [3.05, 3.63) is 71.3 Å². The fourth-order valence-electron chi connectivity index (χ4n) is 4.98. The lowest BCUT2D eigenvalue weighted by Crippen LogP contribution is -2.38. The van der Waals surface area contributed by atoms with Gasteiger partial charge >= 0.3 is 5.97 Å². The van der Waals surface area contributed by atoms with Crippen LogP contribution in [0.1, 0.15) is 73.7 Å². The summed E-state index contributed by atoms with van der Waals surface area (Å²) in [7, 11) is 0. The van der Waals surface area contributed by atoms with Crippen LogP contribution in [0, 0.1) is 5.92 Å². The standard InChI is InChI=1S/C29H31NO5/c1-18(2)29(33)34-17-19-11-13-20(14-12-19)30-27(31)23-10-6-9-22-25(35-21-7-4-3-5-8-21)16-15-24(26(22)23)28(30)32/h6,9-16,18,21,28,32H,3-5,7-8,17H2,1-2H3. The molecule has 1 fully saturated rings. The Kier molecular flexibility index (Phi) is 6.48. The Labute approximate surface area is 205 Å². The van der Waals surface area contributed by atoms with Crippen molar-refractivity contribution in [2.45, 2.75) is 64.9 Å². The number of anilines is 1. The van der Waals surface area contributed by atoms with Crippen LogP contribution in [0.15, 0.2) is 54.6 Å². The van der Waals surface area contributed by atoms with E-state index in [1.54, 1.807) is 44.2 Å². The van der Waals surface area contributed by atoms with Gasteiger partial charge in [-0.1, -0.05) is 50.6 Å². The van der Waals surface area contributed by atoms with E-state index < -0.39 is 6.23 Å². The third-order valence-electron chi connectivity index (χ3n) is 6.92. The summed E-state index contributed by atoms with van der Waals surface area (Å²) < 4.78 is 11.6. The molecule has 182 valence electrons. The summed E-state index contributed by atoms with van der Waals surface area (Å²) in [5.41, 5.74) is 2.62. The zero-order valence-electron chi connectivity index (χ0n) is 20.2. The normalized spacial score (nSPS) is 18.2. The van der Waals surface area contributed by atoms with Crippen molar-refractivity contribution >= 4 is 28.3 Å². The Bertz CT molecular complexity index is 1240. The van der Waals surface area contributed by atoms with E-state index in [4.69, 9.17) is 9.47 Å². The van der Waals surface area contributed by atoms with Gasteiger partial charge in [0.1, 0.15) is 12.4 Å². The molecule has 1 atom stereocenters. The Balaban J connectivity index is 1.42. The number of nitrogens with zero attached hydrogens (tertiary/aromatic N) is 1. The number of hydrogen-bond acceptors (Lipinski definition) is 5. The van der Waals surface area contributed by atoms with Gasteiger partial charge in [0, 0.05) is 27.6 Å². The number of carbonyl (C=O) groups is 2. The number of esters is 1. The molecule has 0 saturated heterocycles. The Hall–Kier alpha value is -3.38. The Morgan fingerprint density at radius 1 is 1.03 bits per heavy atom. The van der Waals surface area contributed by atoms with Gasteiger partial charge in [-0.2, -0.15) is 0 Å². The number of carbonyl (C=O) groups excluding carboxylic acids is 2. The number of aliphatic hydroxyl groups excluding tert-OH is 1. The van der Waals surface area contributed by atoms with Crippen LogP contribution in [0.3, 0.4) is 0 Å². The highest BCUT2D eigenvalue weighted by molar-refractivity contribution is 6.18. The van der Waals surface area contributed by atoms with Crippen molar-refractivity contribution in [1.29, 1.82) is 0 Å². The Morgan fingerprint density at radius 3 is 2.49 bits per heavy atom. The molecule has 3 aromatic carbocycles. The average Bonchev–Trinajstić information content (AvgIpc) is 2.87. The summed E-state index contributed by atoms with van der Waals surface area (Å²) in [6, 6.07) is 16.6. The van der Waals surface area contributed by atoms with Gasteiger partial charge in [0.25, 0.3) is 5.91 Å². The number of ether oxygens (including phenoxy) is 2. The minimum Gasteiger partial charge on any atom is -0.490 e. The summed E-state index contributed by atoms with van der Waals surface area (Å²) in [5.74, 6) is 0.0645. The number of amides is 1. The SMILES string of the molecule is CC(C)C(=O)OCc1ccc(N2C(=O)c3cccc4c(OC5CCCCC5)ccc(c34)C2O)cc1. The van der Waals surface area contributed by atoms with Crippen molar-refractivity contribution in [2.24, 2.45) is 5.92 Å². The van der Waals surface area contributed by atoms with E-state index in [2.05, 4.69) is 0 Å². The molecule has 1 amide bonds. The molecule has 6 nitrogen and oxygen atoms in total. The molecule has 1 heterocycles. The second kappa shape index (κ2) is 9.70. The first-order chi connectivity index (χ1) is 16.9. The predicted octanol–water partition coefficient (Wildman–Crippen LogP) is 5.90. The van der Waals surface area contributed by atoms with Crippen molar-refractivity contribution in [1.82, 2.24) is 0 Å². The van der Waals surface area contributed by atoms with Crippen LogP contribution < -0.4 is 9.64 Å². The number of aliphatic hydroxyl groups is 1. The van der Waals surface area contributed by atoms with Gasteiger partial charge in [0.05, 0.1) is 12.0 Å². The van der Waals surface area contributed by atoms with Gasteiger partial charge < -0.3 is 14.6 Å². The van der Waals surface area contributed by atoms with Gasteiger partial charge in [0.15, 0.2) is 6.23 Å². The van der Waals surface area contributed by atoms with Gasteiger partial charge in [0.2, 0.25) is 0 Å². The monoisotopic (exact) mass is 473 g/mol. The quantitative estimate of drug-likeness (QED) is 0.451.